The van der Waals surface area contributed by atoms with Gasteiger partial charge in [0.1, 0.15) is 11.1 Å². The molecule has 0 aromatic carbocycles. The van der Waals surface area contributed by atoms with Crippen LogP contribution < -0.4 is 10.7 Å². The molecule has 6 nitrogen and oxygen atoms in total. The van der Waals surface area contributed by atoms with Crippen molar-refractivity contribution in [3.63, 3.8) is 0 Å². The maximum atomic E-state index is 13.0. The lowest BCUT2D eigenvalue weighted by atomic mass is 9.95. The number of hydrogen-bond acceptors (Lipinski definition) is 3. The number of aromatic nitrogens is 1. The Morgan fingerprint density at radius 2 is 1.82 bits per heavy atom. The normalized spacial score (nSPS) is 14.9. The third kappa shape index (κ3) is 5.94. The standard InChI is InChI=1S/C22H35N3O3/c1-5-6-12-24(4)22(28)19-15-25(13-16(2)3)14-18(20(19)26)21(27)23-17-10-8-7-9-11-17/h14-17H,5-13H2,1-4H3,(H,23,27). The highest BCUT2D eigenvalue weighted by molar-refractivity contribution is 5.99. The number of pyridine rings is 1. The Kier molecular flexibility index (Phi) is 8.27. The van der Waals surface area contributed by atoms with E-state index in [1.165, 1.54) is 6.42 Å². The molecule has 28 heavy (non-hydrogen) atoms. The molecule has 0 unspecified atom stereocenters. The fourth-order valence-corrected chi connectivity index (χ4v) is 3.68. The Morgan fingerprint density at radius 1 is 1.18 bits per heavy atom. The molecule has 1 aliphatic carbocycles. The summed E-state index contributed by atoms with van der Waals surface area (Å²) in [5.74, 6) is -0.346. The first kappa shape index (κ1) is 22.2. The van der Waals surface area contributed by atoms with Crippen molar-refractivity contribution in [1.29, 1.82) is 0 Å². The number of nitrogens with zero attached hydrogens (tertiary/aromatic N) is 2. The fourth-order valence-electron chi connectivity index (χ4n) is 3.68. The van der Waals surface area contributed by atoms with Crippen molar-refractivity contribution in [2.24, 2.45) is 5.92 Å². The van der Waals surface area contributed by atoms with Crippen molar-refractivity contribution in [2.75, 3.05) is 13.6 Å². The molecule has 1 aromatic heterocycles. The Labute approximate surface area is 168 Å². The zero-order valence-corrected chi connectivity index (χ0v) is 17.8. The van der Waals surface area contributed by atoms with E-state index in [-0.39, 0.29) is 29.0 Å². The maximum Gasteiger partial charge on any atom is 0.259 e. The van der Waals surface area contributed by atoms with Crippen LogP contribution in [-0.2, 0) is 6.54 Å². The summed E-state index contributed by atoms with van der Waals surface area (Å²) in [7, 11) is 1.71. The second kappa shape index (κ2) is 10.4. The molecule has 0 saturated heterocycles. The molecule has 0 atom stereocenters. The lowest BCUT2D eigenvalue weighted by molar-refractivity contribution is 0.0791. The van der Waals surface area contributed by atoms with Crippen LogP contribution in [0.5, 0.6) is 0 Å². The molecule has 1 heterocycles. The van der Waals surface area contributed by atoms with Gasteiger partial charge in [-0.2, -0.15) is 0 Å². The van der Waals surface area contributed by atoms with Gasteiger partial charge < -0.3 is 14.8 Å². The Hall–Kier alpha value is -2.11. The molecule has 0 spiro atoms. The number of hydrogen-bond donors (Lipinski definition) is 1. The van der Waals surface area contributed by atoms with Crippen LogP contribution in [0.15, 0.2) is 17.2 Å². The minimum absolute atomic E-state index is 0.0703. The van der Waals surface area contributed by atoms with Gasteiger partial charge in [0.05, 0.1) is 0 Å². The van der Waals surface area contributed by atoms with Gasteiger partial charge in [-0.3, -0.25) is 14.4 Å². The number of amides is 2. The third-order valence-electron chi connectivity index (χ3n) is 5.26. The zero-order chi connectivity index (χ0) is 20.7. The van der Waals surface area contributed by atoms with E-state index in [0.29, 0.717) is 19.0 Å². The van der Waals surface area contributed by atoms with Gasteiger partial charge in [-0.05, 0) is 25.2 Å². The minimum atomic E-state index is -0.471. The number of rotatable bonds is 8. The Bertz CT molecular complexity index is 733. The van der Waals surface area contributed by atoms with Crippen LogP contribution in [0.1, 0.15) is 86.4 Å². The van der Waals surface area contributed by atoms with Crippen LogP contribution in [0.2, 0.25) is 0 Å². The molecule has 1 N–H and O–H groups in total. The quantitative estimate of drug-likeness (QED) is 0.740. The highest BCUT2D eigenvalue weighted by Crippen LogP contribution is 2.17. The lowest BCUT2D eigenvalue weighted by Crippen LogP contribution is -2.40. The van der Waals surface area contributed by atoms with Gasteiger partial charge in [0.25, 0.3) is 11.8 Å². The highest BCUT2D eigenvalue weighted by Gasteiger charge is 2.24. The van der Waals surface area contributed by atoms with E-state index in [1.54, 1.807) is 24.3 Å². The molecule has 2 amide bonds. The molecular formula is C22H35N3O3. The number of nitrogens with one attached hydrogen (secondary N) is 1. The molecule has 1 aromatic rings. The van der Waals surface area contributed by atoms with Crippen molar-refractivity contribution in [3.8, 4) is 0 Å². The largest absolute Gasteiger partial charge is 0.352 e. The first-order chi connectivity index (χ1) is 13.3. The zero-order valence-electron chi connectivity index (χ0n) is 17.8. The summed E-state index contributed by atoms with van der Waals surface area (Å²) in [6.07, 6.45) is 10.3. The summed E-state index contributed by atoms with van der Waals surface area (Å²) in [4.78, 5) is 40.3. The van der Waals surface area contributed by atoms with Crippen LogP contribution in [0, 0.1) is 5.92 Å². The SMILES string of the molecule is CCCCN(C)C(=O)c1cn(CC(C)C)cc(C(=O)NC2CCCCC2)c1=O. The molecule has 1 fully saturated rings. The van der Waals surface area contributed by atoms with Crippen molar-refractivity contribution < 1.29 is 9.59 Å². The first-order valence-corrected chi connectivity index (χ1v) is 10.6. The Balaban J connectivity index is 2.33. The predicted molar refractivity (Wildman–Crippen MR) is 112 cm³/mol. The molecule has 1 aliphatic rings. The summed E-state index contributed by atoms with van der Waals surface area (Å²) >= 11 is 0. The second-order valence-corrected chi connectivity index (χ2v) is 8.39. The van der Waals surface area contributed by atoms with Gasteiger partial charge in [-0.1, -0.05) is 46.5 Å². The maximum absolute atomic E-state index is 13.0. The molecule has 0 bridgehead atoms. The number of carbonyl (C=O) groups excluding carboxylic acids is 2. The molecule has 1 saturated carbocycles. The monoisotopic (exact) mass is 389 g/mol. The van der Waals surface area contributed by atoms with E-state index in [2.05, 4.69) is 26.1 Å². The average Bonchev–Trinajstić information content (AvgIpc) is 2.67. The smallest absolute Gasteiger partial charge is 0.259 e. The van der Waals surface area contributed by atoms with Crippen molar-refractivity contribution in [1.82, 2.24) is 14.8 Å². The minimum Gasteiger partial charge on any atom is -0.352 e. The van der Waals surface area contributed by atoms with Crippen LogP contribution in [-0.4, -0.2) is 40.9 Å². The average molecular weight is 390 g/mol. The lowest BCUT2D eigenvalue weighted by Gasteiger charge is -2.23. The van der Waals surface area contributed by atoms with E-state index in [9.17, 15) is 14.4 Å². The van der Waals surface area contributed by atoms with Gasteiger partial charge in [0.2, 0.25) is 5.43 Å². The summed E-state index contributed by atoms with van der Waals surface area (Å²) in [6.45, 7) is 7.42. The van der Waals surface area contributed by atoms with E-state index < -0.39 is 5.43 Å². The van der Waals surface area contributed by atoms with Crippen LogP contribution in [0.3, 0.4) is 0 Å². The van der Waals surface area contributed by atoms with E-state index >= 15 is 0 Å². The molecule has 156 valence electrons. The van der Waals surface area contributed by atoms with Crippen molar-refractivity contribution >= 4 is 11.8 Å². The first-order valence-electron chi connectivity index (χ1n) is 10.6. The van der Waals surface area contributed by atoms with Gasteiger partial charge in [0.15, 0.2) is 0 Å². The molecule has 0 radical (unpaired) electrons. The van der Waals surface area contributed by atoms with Crippen molar-refractivity contribution in [2.45, 2.75) is 78.3 Å². The number of unbranched alkanes of at least 4 members (excludes halogenated alkanes) is 1. The topological polar surface area (TPSA) is 71.4 Å². The fraction of sp³-hybridized carbons (Fsp3) is 0.682. The molecule has 2 rings (SSSR count). The van der Waals surface area contributed by atoms with Gasteiger partial charge in [-0.15, -0.1) is 0 Å². The van der Waals surface area contributed by atoms with Gasteiger partial charge >= 0.3 is 0 Å². The van der Waals surface area contributed by atoms with Crippen molar-refractivity contribution in [3.05, 3.63) is 33.7 Å². The summed E-state index contributed by atoms with van der Waals surface area (Å²) in [5.41, 5.74) is -0.321. The van der Waals surface area contributed by atoms with E-state index in [0.717, 1.165) is 38.5 Å². The van der Waals surface area contributed by atoms with Crippen LogP contribution in [0.4, 0.5) is 0 Å². The molecule has 6 heteroatoms. The number of carbonyl (C=O) groups is 2. The second-order valence-electron chi connectivity index (χ2n) is 8.39. The highest BCUT2D eigenvalue weighted by atomic mass is 16.2. The summed E-state index contributed by atoms with van der Waals surface area (Å²) < 4.78 is 1.81. The molecule has 0 aliphatic heterocycles. The summed E-state index contributed by atoms with van der Waals surface area (Å²) in [5, 5.41) is 3.01. The van der Waals surface area contributed by atoms with Gasteiger partial charge in [-0.25, -0.2) is 0 Å². The predicted octanol–water partition coefficient (Wildman–Crippen LogP) is 3.44. The van der Waals surface area contributed by atoms with Gasteiger partial charge in [0, 0.05) is 38.6 Å². The third-order valence-corrected chi connectivity index (χ3v) is 5.26. The Morgan fingerprint density at radius 3 is 2.43 bits per heavy atom. The van der Waals surface area contributed by atoms with E-state index in [1.807, 2.05) is 4.57 Å². The van der Waals surface area contributed by atoms with Crippen LogP contribution in [0.25, 0.3) is 0 Å². The van der Waals surface area contributed by atoms with Crippen LogP contribution >= 0.6 is 0 Å². The summed E-state index contributed by atoms with van der Waals surface area (Å²) in [6, 6.07) is 0.116. The molecular weight excluding hydrogens is 354 g/mol. The van der Waals surface area contributed by atoms with E-state index in [4.69, 9.17) is 0 Å².